The third-order valence-electron chi connectivity index (χ3n) is 24.0. The molecule has 2 N–H and O–H groups in total. The van der Waals surface area contributed by atoms with E-state index < -0.39 is 47.5 Å². The highest BCUT2D eigenvalue weighted by Crippen LogP contribution is 2.59. The van der Waals surface area contributed by atoms with Crippen molar-refractivity contribution >= 4 is 113 Å². The summed E-state index contributed by atoms with van der Waals surface area (Å²) in [5.74, 6) is -1.38. The minimum absolute atomic E-state index is 0.0310. The molecule has 23 rings (SSSR count). The van der Waals surface area contributed by atoms with Gasteiger partial charge in [0.25, 0.3) is 35.4 Å². The van der Waals surface area contributed by atoms with Crippen molar-refractivity contribution in [1.82, 2.24) is 9.80 Å². The number of carbonyl (C=O) groups is 6. The second-order valence-electron chi connectivity index (χ2n) is 33.4. The van der Waals surface area contributed by atoms with Gasteiger partial charge in [-0.15, -0.1) is 0 Å². The fourth-order valence-electron chi connectivity index (χ4n) is 17.6. The highest BCUT2D eigenvalue weighted by Gasteiger charge is 2.49. The summed E-state index contributed by atoms with van der Waals surface area (Å²) in [4.78, 5) is 101. The number of halogens is 2. The number of ether oxygens (including phenoxy) is 12. The fraction of sp³-hybridized carbons (Fsp3) is 0.130. The van der Waals surface area contributed by atoms with Gasteiger partial charge in [0.1, 0.15) is 104 Å². The van der Waals surface area contributed by atoms with Crippen LogP contribution in [0.1, 0.15) is 87.3 Å². The summed E-state index contributed by atoms with van der Waals surface area (Å²) in [6.07, 6.45) is 5.96. The highest BCUT2D eigenvalue weighted by molar-refractivity contribution is 6.45. The van der Waals surface area contributed by atoms with E-state index in [2.05, 4.69) is 10.6 Å². The molecule has 6 aliphatic rings. The lowest BCUT2D eigenvalue weighted by atomic mass is 9.80. The van der Waals surface area contributed by atoms with Crippen LogP contribution >= 0.6 is 23.2 Å². The van der Waals surface area contributed by atoms with Crippen molar-refractivity contribution in [3.05, 3.63) is 370 Å². The Morgan fingerprint density at radius 1 is 0.291 bits per heavy atom. The van der Waals surface area contributed by atoms with E-state index in [-0.39, 0.29) is 159 Å². The van der Waals surface area contributed by atoms with Crippen LogP contribution in [0.3, 0.4) is 0 Å². The van der Waals surface area contributed by atoms with Crippen molar-refractivity contribution < 1.29 is 94.4 Å². The maximum Gasteiger partial charge on any atom is 0.262 e. The topological polar surface area (TPSA) is 283 Å². The smallest absolute Gasteiger partial charge is 0.262 e. The molecule has 4 saturated heterocycles. The van der Waals surface area contributed by atoms with E-state index in [1.165, 1.54) is 61.1 Å². The van der Waals surface area contributed by atoms with Gasteiger partial charge < -0.3 is 76.3 Å². The number of rotatable bonds is 32. The first-order valence-corrected chi connectivity index (χ1v) is 44.3. The number of nitrogens with one attached hydrogen (secondary N) is 2. The molecule has 15 aromatic carbocycles. The quantitative estimate of drug-likeness (QED) is 0.0171. The largest absolute Gasteiger partial charge is 0.467 e. The fourth-order valence-corrected chi connectivity index (χ4v) is 17.8. The van der Waals surface area contributed by atoms with Crippen LogP contribution in [0.2, 0.25) is 10.0 Å². The van der Waals surface area contributed by atoms with Crippen molar-refractivity contribution in [1.29, 1.82) is 0 Å². The van der Waals surface area contributed by atoms with E-state index in [0.717, 1.165) is 32.1 Å². The minimum atomic E-state index is -1.81. The van der Waals surface area contributed by atoms with Crippen LogP contribution in [0.4, 0.5) is 11.4 Å². The molecular formula is C108H74Cl2N4O20. The van der Waals surface area contributed by atoms with E-state index in [9.17, 15) is 0 Å². The predicted molar refractivity (Wildman–Crippen MR) is 498 cm³/mol. The maximum atomic E-state index is 16.9. The van der Waals surface area contributed by atoms with E-state index in [0.29, 0.717) is 108 Å². The monoisotopic (exact) mass is 1820 g/mol. The Balaban J connectivity index is 0.781. The molecule has 2 aromatic heterocycles. The van der Waals surface area contributed by atoms with Crippen molar-refractivity contribution in [2.75, 3.05) is 37.1 Å². The first kappa shape index (κ1) is 82.6. The Kier molecular flexibility index (Phi) is 21.3. The van der Waals surface area contributed by atoms with Gasteiger partial charge in [-0.05, 0) is 265 Å². The van der Waals surface area contributed by atoms with Gasteiger partial charge in [-0.1, -0.05) is 71.7 Å². The number of anilines is 2. The molecule has 134 heavy (non-hydrogen) atoms. The van der Waals surface area contributed by atoms with Gasteiger partial charge in [-0.25, -0.2) is 0 Å². The number of hydrogen-bond acceptors (Lipinski definition) is 20. The number of carbonyl (C=O) groups excluding carboxylic acids is 6. The van der Waals surface area contributed by atoms with Crippen LogP contribution in [0.25, 0.3) is 43.1 Å². The van der Waals surface area contributed by atoms with Gasteiger partial charge in [0, 0.05) is 90.2 Å². The van der Waals surface area contributed by atoms with Crippen molar-refractivity contribution in [2.45, 2.75) is 62.2 Å². The van der Waals surface area contributed by atoms with Gasteiger partial charge in [0.05, 0.1) is 85.6 Å². The highest BCUT2D eigenvalue weighted by atomic mass is 35.5. The first-order valence-electron chi connectivity index (χ1n) is 43.5. The summed E-state index contributed by atoms with van der Waals surface area (Å²) in [5.41, 5.74) is 4.01. The molecule has 660 valence electrons. The molecule has 0 spiro atoms. The molecule has 8 heterocycles. The van der Waals surface area contributed by atoms with Crippen LogP contribution in [0, 0.1) is 0 Å². The van der Waals surface area contributed by atoms with Gasteiger partial charge in [-0.3, -0.25) is 38.6 Å². The Morgan fingerprint density at radius 2 is 0.537 bits per heavy atom. The average Bonchev–Trinajstić information content (AvgIpc) is 1.20. The van der Waals surface area contributed by atoms with Gasteiger partial charge in [0.2, 0.25) is 0 Å². The third kappa shape index (κ3) is 16.9. The second-order valence-corrected chi connectivity index (χ2v) is 34.3. The molecule has 0 saturated carbocycles. The first-order chi connectivity index (χ1) is 65.5. The average molecular weight is 1820 g/mol. The lowest BCUT2D eigenvalue weighted by molar-refractivity contribution is -0.121. The molecule has 6 atom stereocenters. The SMILES string of the molecule is O=C(Nc1ccc(Cl)cc1)C(c1ccco1)N1C(=O)c2cc(Oc3ccc(Oc4cccc(CC5CO5)c4)cc3)c3c4c(Oc5ccc(Oc6cccc(CC7CO7)c6)cc5)cc5c6c(cc(Oc7ccc(Oc8cccc(CC9CO9)c8)cc7)c(c7c(Oc8ccc(Oc9cccc(CC%10CO%10)c9)cc8)cc(c2c37)C1=O)c64)C(=O)N(C(C(=O)Nc1ccc(Cl)cc1)c1ccco1)C5=O. The molecule has 4 fully saturated rings. The molecule has 6 aliphatic heterocycles. The van der Waals surface area contributed by atoms with E-state index in [4.69, 9.17) is 88.9 Å². The molecule has 6 unspecified atom stereocenters. The standard InChI is InChI=1S/C108H74Cl2N4O20/c109-63-17-21-65(22-18-63)111-103(115)101(87-15-5-41-121-87)113-105(117)83-51-89(131-71-33-25-67(26-34-71)127-75-11-1-7-59(43-75)47-79-55-123-79)95-96-90(132-72-35-27-68(28-36-72)128-76-12-2-8-60(44-76)48-80-56-124-80)52-85-94-86(108(120)114(107(85)119)102(88-16-6-42-122-88)104(116)112-66-23-19-64(110)20-24-66)54-92(134-74-39-31-70(32-40-74)130-78-14-4-10-62(46-78)50-82-58-126-82)98(100(94)96)97-91(53-84(106(113)118)93(83)99(95)97)133-73-37-29-69(30-38-73)129-77-13-3-9-61(45-77)49-81-57-125-81/h1-46,51-54,79-82,101-102H,47-50,55-58H2,(H,111,115)(H,112,116). The summed E-state index contributed by atoms with van der Waals surface area (Å²) >= 11 is 12.8. The lowest BCUT2D eigenvalue weighted by Gasteiger charge is -2.35. The molecule has 24 nitrogen and oxygen atoms in total. The molecule has 0 aliphatic carbocycles. The number of fused-ring (bicyclic) bond motifs is 2. The summed E-state index contributed by atoms with van der Waals surface area (Å²) in [5, 5.41) is 7.36. The number of epoxide rings is 4. The number of benzene rings is 15. The van der Waals surface area contributed by atoms with Crippen molar-refractivity contribution in [3.63, 3.8) is 0 Å². The normalized spacial score (nSPS) is 16.6. The maximum absolute atomic E-state index is 16.9. The Labute approximate surface area is 773 Å². The molecule has 6 amide bonds. The summed E-state index contributed by atoms with van der Waals surface area (Å²) in [7, 11) is 0. The lowest BCUT2D eigenvalue weighted by Crippen LogP contribution is -2.47. The number of nitrogens with zero attached hydrogens (tertiary/aromatic N) is 2. The van der Waals surface area contributed by atoms with E-state index in [1.807, 2.05) is 97.1 Å². The molecule has 0 bridgehead atoms. The zero-order valence-electron chi connectivity index (χ0n) is 70.8. The number of amides is 6. The van der Waals surface area contributed by atoms with Crippen LogP contribution in [0.15, 0.2) is 313 Å². The van der Waals surface area contributed by atoms with Crippen LogP contribution in [-0.4, -0.2) is 96.1 Å². The Hall–Kier alpha value is -15.8. The Bertz CT molecular complexity index is 6730. The number of hydrogen-bond donors (Lipinski definition) is 2. The van der Waals surface area contributed by atoms with Crippen LogP contribution < -0.4 is 48.5 Å². The zero-order valence-corrected chi connectivity index (χ0v) is 72.3. The van der Waals surface area contributed by atoms with E-state index >= 15 is 28.8 Å². The minimum Gasteiger partial charge on any atom is -0.467 e. The number of furan rings is 2. The van der Waals surface area contributed by atoms with Crippen molar-refractivity contribution in [2.24, 2.45) is 0 Å². The number of imide groups is 2. The van der Waals surface area contributed by atoms with Gasteiger partial charge >= 0.3 is 0 Å². The van der Waals surface area contributed by atoms with Gasteiger partial charge in [0.15, 0.2) is 12.1 Å². The van der Waals surface area contributed by atoms with Crippen LogP contribution in [0.5, 0.6) is 92.0 Å². The van der Waals surface area contributed by atoms with Crippen molar-refractivity contribution in [3.8, 4) is 92.0 Å². The summed E-state index contributed by atoms with van der Waals surface area (Å²) < 4.78 is 90.4. The molecule has 26 heteroatoms. The Morgan fingerprint density at radius 3 is 0.769 bits per heavy atom. The third-order valence-corrected chi connectivity index (χ3v) is 24.5. The zero-order chi connectivity index (χ0) is 90.3. The van der Waals surface area contributed by atoms with E-state index in [1.54, 1.807) is 146 Å². The second kappa shape index (κ2) is 34.5. The molecule has 0 radical (unpaired) electrons. The summed E-state index contributed by atoms with van der Waals surface area (Å²) in [6.45, 7) is 2.69. The molecular weight excluding hydrogens is 1740 g/mol. The summed E-state index contributed by atoms with van der Waals surface area (Å²) in [6, 6.07) is 79.2. The van der Waals surface area contributed by atoms with Crippen LogP contribution in [-0.2, 0) is 54.2 Å². The van der Waals surface area contributed by atoms with Gasteiger partial charge in [-0.2, -0.15) is 0 Å². The molecule has 17 aromatic rings. The predicted octanol–water partition coefficient (Wildman–Crippen LogP) is 24.3.